The molecule has 0 saturated heterocycles. The molecule has 0 bridgehead atoms. The Morgan fingerprint density at radius 1 is 0.312 bits per heavy atom. The minimum Gasteiger partial charge on any atom is -0.305 e. The average Bonchev–Trinajstić information content (AvgIpc) is 3.83. The molecule has 0 N–H and O–H groups in total. The molecule has 0 atom stereocenters. The van der Waals surface area contributed by atoms with E-state index in [4.69, 9.17) is 0 Å². The Kier molecular flexibility index (Phi) is 11.2. The van der Waals surface area contributed by atoms with Gasteiger partial charge < -0.3 is 15.0 Å². The molecule has 3 nitrogen and oxygen atoms in total. The van der Waals surface area contributed by atoms with Crippen LogP contribution in [0.3, 0.4) is 0 Å². The van der Waals surface area contributed by atoms with Crippen molar-refractivity contribution < 1.29 is 20.1 Å². The summed E-state index contributed by atoms with van der Waals surface area (Å²) in [4.78, 5) is 13.6. The van der Waals surface area contributed by atoms with Gasteiger partial charge >= 0.3 is 20.1 Å². The number of nitrogens with zero attached hydrogens (tertiary/aromatic N) is 3. The van der Waals surface area contributed by atoms with Crippen molar-refractivity contribution in [1.29, 1.82) is 0 Å². The second-order valence-corrected chi connectivity index (χ2v) is 18.1. The smallest absolute Gasteiger partial charge is 0.305 e. The van der Waals surface area contributed by atoms with Gasteiger partial charge in [-0.1, -0.05) is 167 Å². The van der Waals surface area contributed by atoms with E-state index in [0.29, 0.717) is 0 Å². The maximum atomic E-state index is 4.52. The number of hydrogen-bond donors (Lipinski definition) is 0. The van der Waals surface area contributed by atoms with Gasteiger partial charge in [0.05, 0.1) is 0 Å². The number of pyridine rings is 3. The Morgan fingerprint density at radius 3 is 0.844 bits per heavy atom. The van der Waals surface area contributed by atoms with E-state index in [1.807, 2.05) is 73.2 Å². The molecule has 0 saturated carbocycles. The predicted molar refractivity (Wildman–Crippen MR) is 258 cm³/mol. The van der Waals surface area contributed by atoms with Crippen molar-refractivity contribution in [3.05, 3.63) is 234 Å². The zero-order valence-electron chi connectivity index (χ0n) is 37.0. The fraction of sp³-hybridized carbons (Fsp3) is 0.150. The van der Waals surface area contributed by atoms with Crippen molar-refractivity contribution >= 4 is 0 Å². The molecule has 312 valence electrons. The predicted octanol–water partition coefficient (Wildman–Crippen LogP) is 14.6. The first kappa shape index (κ1) is 42.7. The summed E-state index contributed by atoms with van der Waals surface area (Å²) in [6.45, 7) is 13.7. The summed E-state index contributed by atoms with van der Waals surface area (Å²) in [5.74, 6) is 0. The van der Waals surface area contributed by atoms with Gasteiger partial charge in [0.15, 0.2) is 0 Å². The molecule has 3 aliphatic carbocycles. The first-order valence-corrected chi connectivity index (χ1v) is 21.8. The summed E-state index contributed by atoms with van der Waals surface area (Å²) in [6.07, 6.45) is 5.53. The Balaban J connectivity index is 0.000000121. The molecule has 64 heavy (non-hydrogen) atoms. The summed E-state index contributed by atoms with van der Waals surface area (Å²) in [7, 11) is 0. The van der Waals surface area contributed by atoms with Crippen LogP contribution in [-0.2, 0) is 36.4 Å². The number of benzene rings is 6. The molecular formula is C60H48IrN3. The van der Waals surface area contributed by atoms with E-state index in [-0.39, 0.29) is 36.4 Å². The number of rotatable bonds is 3. The van der Waals surface area contributed by atoms with Gasteiger partial charge in [-0.05, 0) is 84.9 Å². The van der Waals surface area contributed by atoms with E-state index < -0.39 is 0 Å². The van der Waals surface area contributed by atoms with Gasteiger partial charge in [0.1, 0.15) is 0 Å². The van der Waals surface area contributed by atoms with Crippen LogP contribution in [0.1, 0.15) is 74.9 Å². The van der Waals surface area contributed by atoms with Crippen LogP contribution < -0.4 is 0 Å². The maximum absolute atomic E-state index is 4.52. The van der Waals surface area contributed by atoms with E-state index in [1.54, 1.807) is 0 Å². The minimum atomic E-state index is -0.0173. The fourth-order valence-corrected chi connectivity index (χ4v) is 10.4. The quantitative estimate of drug-likeness (QED) is 0.166. The summed E-state index contributed by atoms with van der Waals surface area (Å²) in [5, 5.41) is 0. The first-order chi connectivity index (χ1) is 30.6. The molecule has 12 rings (SSSR count). The molecular weight excluding hydrogens is 955 g/mol. The molecule has 6 aromatic carbocycles. The van der Waals surface area contributed by atoms with Crippen molar-refractivity contribution in [2.75, 3.05) is 0 Å². The van der Waals surface area contributed by atoms with Crippen molar-refractivity contribution in [3.63, 3.8) is 0 Å². The van der Waals surface area contributed by atoms with Gasteiger partial charge in [0.25, 0.3) is 0 Å². The van der Waals surface area contributed by atoms with Crippen LogP contribution in [0.5, 0.6) is 0 Å². The van der Waals surface area contributed by atoms with Gasteiger partial charge in [-0.25, -0.2) is 0 Å². The largest absolute Gasteiger partial charge is 3.00 e. The molecule has 0 unspecified atom stereocenters. The monoisotopic (exact) mass is 1000 g/mol. The molecule has 0 fully saturated rings. The van der Waals surface area contributed by atoms with Crippen molar-refractivity contribution in [2.24, 2.45) is 0 Å². The maximum Gasteiger partial charge on any atom is 3.00 e. The molecule has 3 heterocycles. The van der Waals surface area contributed by atoms with Gasteiger partial charge in [0, 0.05) is 18.6 Å². The van der Waals surface area contributed by atoms with E-state index in [9.17, 15) is 0 Å². The molecule has 4 heteroatoms. The molecule has 3 aliphatic rings. The van der Waals surface area contributed by atoms with E-state index in [2.05, 4.69) is 184 Å². The summed E-state index contributed by atoms with van der Waals surface area (Å²) in [5.41, 5.74) is 22.4. The van der Waals surface area contributed by atoms with Crippen LogP contribution in [0.4, 0.5) is 0 Å². The Hall–Kier alpha value is -6.58. The average molecular weight is 1000 g/mol. The zero-order chi connectivity index (χ0) is 43.3. The number of aromatic nitrogens is 3. The van der Waals surface area contributed by atoms with Crippen LogP contribution in [0.15, 0.2) is 182 Å². The Labute approximate surface area is 391 Å². The first-order valence-electron chi connectivity index (χ1n) is 21.8. The molecule has 0 radical (unpaired) electrons. The minimum absolute atomic E-state index is 0. The normalized spacial score (nSPS) is 14.3. The molecule has 0 spiro atoms. The second-order valence-electron chi connectivity index (χ2n) is 18.1. The van der Waals surface area contributed by atoms with Crippen LogP contribution in [-0.4, -0.2) is 15.0 Å². The van der Waals surface area contributed by atoms with Crippen LogP contribution in [0, 0.1) is 18.2 Å². The Morgan fingerprint density at radius 2 is 0.578 bits per heavy atom. The van der Waals surface area contributed by atoms with Crippen molar-refractivity contribution in [1.82, 2.24) is 15.0 Å². The van der Waals surface area contributed by atoms with Crippen LogP contribution in [0.25, 0.3) is 67.2 Å². The van der Waals surface area contributed by atoms with Crippen LogP contribution in [0.2, 0.25) is 0 Å². The summed E-state index contributed by atoms with van der Waals surface area (Å²) < 4.78 is 0. The third-order valence-electron chi connectivity index (χ3n) is 13.3. The van der Waals surface area contributed by atoms with Crippen molar-refractivity contribution in [3.8, 4) is 67.2 Å². The van der Waals surface area contributed by atoms with Gasteiger partial charge in [-0.3, -0.25) is 0 Å². The third-order valence-corrected chi connectivity index (χ3v) is 13.3. The zero-order valence-corrected chi connectivity index (χ0v) is 39.4. The number of fused-ring (bicyclic) bond motifs is 9. The van der Waals surface area contributed by atoms with Gasteiger partial charge in [-0.15, -0.1) is 88.0 Å². The molecule has 0 amide bonds. The summed E-state index contributed by atoms with van der Waals surface area (Å²) in [6, 6.07) is 67.0. The van der Waals surface area contributed by atoms with Crippen LogP contribution >= 0.6 is 0 Å². The standard InChI is InChI=1S/3C20H16N.Ir/c3*1-20(2)17-11-4-3-8-14(17)15-9-7-10-16(19(15)20)18-12-5-6-13-21-18;/h3*3-9,11-13H,1-2H3;/q3*-1;+3. The van der Waals surface area contributed by atoms with Gasteiger partial charge in [-0.2, -0.15) is 0 Å². The SMILES string of the molecule is CC1(C)c2ccccc2-c2cc[c-]c(-c3ccccn3)c21.CC1(C)c2ccccc2-c2cc[c-]c(-c3ccccn3)c21.CC1(C)c2ccccc2-c2cc[c-]c(-c3ccccn3)c21.[Ir+3]. The van der Waals surface area contributed by atoms with Crippen molar-refractivity contribution in [2.45, 2.75) is 57.8 Å². The molecule has 0 aliphatic heterocycles. The third kappa shape index (κ3) is 7.06. The Bertz CT molecular complexity index is 2790. The molecule has 3 aromatic heterocycles. The summed E-state index contributed by atoms with van der Waals surface area (Å²) >= 11 is 0. The van der Waals surface area contributed by atoms with E-state index >= 15 is 0 Å². The van der Waals surface area contributed by atoms with E-state index in [1.165, 1.54) is 66.8 Å². The number of hydrogen-bond acceptors (Lipinski definition) is 3. The molecule has 9 aromatic rings. The second kappa shape index (κ2) is 16.8. The van der Waals surface area contributed by atoms with Gasteiger partial charge in [0.2, 0.25) is 0 Å². The topological polar surface area (TPSA) is 38.7 Å². The fourth-order valence-electron chi connectivity index (χ4n) is 10.4. The van der Waals surface area contributed by atoms with E-state index in [0.717, 1.165) is 33.8 Å².